The van der Waals surface area contributed by atoms with Gasteiger partial charge >= 0.3 is 5.97 Å². The highest BCUT2D eigenvalue weighted by Gasteiger charge is 2.29. The maximum atomic E-state index is 11.6. The summed E-state index contributed by atoms with van der Waals surface area (Å²) in [6.45, 7) is 8.65. The molecule has 0 amide bonds. The molecule has 2 rings (SSSR count). The van der Waals surface area contributed by atoms with Crippen LogP contribution in [0.5, 0.6) is 0 Å². The predicted molar refractivity (Wildman–Crippen MR) is 66.9 cm³/mol. The molecule has 0 aromatic carbocycles. The van der Waals surface area contributed by atoms with Crippen LogP contribution in [0.1, 0.15) is 33.1 Å². The summed E-state index contributed by atoms with van der Waals surface area (Å²) in [6, 6.07) is 0.671. The third-order valence-corrected chi connectivity index (χ3v) is 3.64. The van der Waals surface area contributed by atoms with Gasteiger partial charge in [0, 0.05) is 25.7 Å². The molecule has 2 aliphatic heterocycles. The van der Waals surface area contributed by atoms with E-state index in [2.05, 4.69) is 9.80 Å². The van der Waals surface area contributed by atoms with Crippen molar-refractivity contribution >= 4 is 5.97 Å². The van der Waals surface area contributed by atoms with Gasteiger partial charge in [-0.05, 0) is 33.2 Å². The number of piperidine rings is 1. The molecular weight excluding hydrogens is 216 g/mol. The number of hydrogen-bond acceptors (Lipinski definition) is 4. The minimum atomic E-state index is -0.0794. The van der Waals surface area contributed by atoms with E-state index in [4.69, 9.17) is 4.74 Å². The molecule has 2 fully saturated rings. The lowest BCUT2D eigenvalue weighted by Gasteiger charge is -2.43. The van der Waals surface area contributed by atoms with Crippen molar-refractivity contribution < 1.29 is 9.53 Å². The first-order valence-electron chi connectivity index (χ1n) is 6.81. The van der Waals surface area contributed by atoms with Gasteiger partial charge in [0.05, 0.1) is 12.6 Å². The van der Waals surface area contributed by atoms with Gasteiger partial charge in [-0.1, -0.05) is 6.42 Å². The third-order valence-electron chi connectivity index (χ3n) is 3.64. The third kappa shape index (κ3) is 3.68. The zero-order chi connectivity index (χ0) is 12.3. The van der Waals surface area contributed by atoms with E-state index in [0.29, 0.717) is 12.6 Å². The Balaban J connectivity index is 1.77. The van der Waals surface area contributed by atoms with Gasteiger partial charge in [-0.2, -0.15) is 0 Å². The Labute approximate surface area is 104 Å². The van der Waals surface area contributed by atoms with E-state index in [-0.39, 0.29) is 12.1 Å². The lowest BCUT2D eigenvalue weighted by molar-refractivity contribution is -0.149. The molecule has 0 spiro atoms. The second kappa shape index (κ2) is 5.83. The highest BCUT2D eigenvalue weighted by molar-refractivity contribution is 5.71. The van der Waals surface area contributed by atoms with E-state index < -0.39 is 0 Å². The van der Waals surface area contributed by atoms with Gasteiger partial charge in [-0.25, -0.2) is 0 Å². The molecule has 0 radical (unpaired) electrons. The van der Waals surface area contributed by atoms with Crippen molar-refractivity contribution in [3.63, 3.8) is 0 Å². The Morgan fingerprint density at radius 3 is 2.88 bits per heavy atom. The lowest BCUT2D eigenvalue weighted by Crippen LogP contribution is -2.55. The number of rotatable bonds is 3. The molecule has 2 aliphatic rings. The second-order valence-corrected chi connectivity index (χ2v) is 5.46. The highest BCUT2D eigenvalue weighted by Crippen LogP contribution is 2.20. The van der Waals surface area contributed by atoms with Crippen LogP contribution in [0.3, 0.4) is 0 Å². The average Bonchev–Trinajstić information content (AvgIpc) is 2.27. The lowest BCUT2D eigenvalue weighted by atomic mass is 9.99. The number of piperazine rings is 1. The maximum absolute atomic E-state index is 11.6. The van der Waals surface area contributed by atoms with Crippen LogP contribution < -0.4 is 0 Å². The normalized spacial score (nSPS) is 26.9. The van der Waals surface area contributed by atoms with Gasteiger partial charge in [0.2, 0.25) is 0 Å². The smallest absolute Gasteiger partial charge is 0.320 e. The van der Waals surface area contributed by atoms with Gasteiger partial charge in [-0.3, -0.25) is 14.6 Å². The number of fused-ring (bicyclic) bond motifs is 1. The van der Waals surface area contributed by atoms with Crippen LogP contribution in [0, 0.1) is 0 Å². The van der Waals surface area contributed by atoms with E-state index in [0.717, 1.165) is 19.6 Å². The summed E-state index contributed by atoms with van der Waals surface area (Å²) in [5.41, 5.74) is 0. The van der Waals surface area contributed by atoms with Gasteiger partial charge in [0.25, 0.3) is 0 Å². The van der Waals surface area contributed by atoms with E-state index in [1.807, 2.05) is 13.8 Å². The van der Waals surface area contributed by atoms with Crippen LogP contribution in [0.4, 0.5) is 0 Å². The van der Waals surface area contributed by atoms with Crippen molar-refractivity contribution in [2.75, 3.05) is 32.7 Å². The van der Waals surface area contributed by atoms with Gasteiger partial charge < -0.3 is 4.74 Å². The van der Waals surface area contributed by atoms with Crippen molar-refractivity contribution in [3.05, 3.63) is 0 Å². The monoisotopic (exact) mass is 240 g/mol. The fourth-order valence-corrected chi connectivity index (χ4v) is 2.85. The maximum Gasteiger partial charge on any atom is 0.320 e. The van der Waals surface area contributed by atoms with Crippen LogP contribution in [-0.4, -0.2) is 60.6 Å². The van der Waals surface area contributed by atoms with E-state index in [9.17, 15) is 4.79 Å². The number of ether oxygens (including phenoxy) is 1. The number of esters is 1. The number of hydrogen-bond donors (Lipinski definition) is 0. The summed E-state index contributed by atoms with van der Waals surface area (Å²) in [7, 11) is 0. The first-order chi connectivity index (χ1) is 8.15. The molecule has 0 N–H and O–H groups in total. The molecule has 0 saturated carbocycles. The van der Waals surface area contributed by atoms with Crippen LogP contribution in [0.25, 0.3) is 0 Å². The molecule has 2 heterocycles. The van der Waals surface area contributed by atoms with Gasteiger partial charge in [0.15, 0.2) is 0 Å². The molecule has 0 bridgehead atoms. The molecule has 1 atom stereocenters. The van der Waals surface area contributed by atoms with E-state index >= 15 is 0 Å². The Kier molecular flexibility index (Phi) is 4.40. The molecule has 4 nitrogen and oxygen atoms in total. The minimum Gasteiger partial charge on any atom is -0.462 e. The summed E-state index contributed by atoms with van der Waals surface area (Å²) >= 11 is 0. The van der Waals surface area contributed by atoms with Crippen molar-refractivity contribution in [2.45, 2.75) is 45.3 Å². The fraction of sp³-hybridized carbons (Fsp3) is 0.923. The topological polar surface area (TPSA) is 32.8 Å². The number of carbonyl (C=O) groups excluding carboxylic acids is 1. The molecule has 2 saturated heterocycles. The van der Waals surface area contributed by atoms with Gasteiger partial charge in [-0.15, -0.1) is 0 Å². The second-order valence-electron chi connectivity index (χ2n) is 5.46. The Bertz CT molecular complexity index is 268. The molecule has 0 aromatic heterocycles. The molecule has 0 aromatic rings. The van der Waals surface area contributed by atoms with Gasteiger partial charge in [0.1, 0.15) is 0 Å². The van der Waals surface area contributed by atoms with E-state index in [1.54, 1.807) is 0 Å². The number of nitrogens with zero attached hydrogens (tertiary/aromatic N) is 2. The van der Waals surface area contributed by atoms with Crippen LogP contribution in [0.2, 0.25) is 0 Å². The quantitative estimate of drug-likeness (QED) is 0.692. The average molecular weight is 240 g/mol. The Morgan fingerprint density at radius 1 is 1.29 bits per heavy atom. The summed E-state index contributed by atoms with van der Waals surface area (Å²) in [6.07, 6.45) is 3.96. The Hall–Kier alpha value is -0.610. The largest absolute Gasteiger partial charge is 0.462 e. The zero-order valence-electron chi connectivity index (χ0n) is 11.0. The molecule has 4 heteroatoms. The molecular formula is C13H24N2O2. The van der Waals surface area contributed by atoms with E-state index in [1.165, 1.54) is 25.8 Å². The molecule has 1 unspecified atom stereocenters. The van der Waals surface area contributed by atoms with Crippen molar-refractivity contribution in [3.8, 4) is 0 Å². The molecule has 0 aliphatic carbocycles. The van der Waals surface area contributed by atoms with Crippen molar-refractivity contribution in [1.29, 1.82) is 0 Å². The number of carbonyl (C=O) groups is 1. The Morgan fingerprint density at radius 2 is 2.12 bits per heavy atom. The first kappa shape index (κ1) is 12.8. The standard InChI is InChI=1S/C13H24N2O2/c1-11(2)17-13(16)10-14-7-8-15-6-4-3-5-12(15)9-14/h11-12H,3-10H2,1-2H3. The summed E-state index contributed by atoms with van der Waals surface area (Å²) < 4.78 is 5.19. The van der Waals surface area contributed by atoms with Crippen molar-refractivity contribution in [1.82, 2.24) is 9.80 Å². The first-order valence-corrected chi connectivity index (χ1v) is 6.81. The fourth-order valence-electron chi connectivity index (χ4n) is 2.85. The summed E-state index contributed by atoms with van der Waals surface area (Å²) in [4.78, 5) is 16.4. The zero-order valence-corrected chi connectivity index (χ0v) is 11.0. The van der Waals surface area contributed by atoms with Crippen LogP contribution >= 0.6 is 0 Å². The highest BCUT2D eigenvalue weighted by atomic mass is 16.5. The van der Waals surface area contributed by atoms with Crippen LogP contribution in [-0.2, 0) is 9.53 Å². The minimum absolute atomic E-state index is 0.00142. The molecule has 17 heavy (non-hydrogen) atoms. The SMILES string of the molecule is CC(C)OC(=O)CN1CCN2CCCCC2C1. The van der Waals surface area contributed by atoms with Crippen LogP contribution in [0.15, 0.2) is 0 Å². The predicted octanol–water partition coefficient (Wildman–Crippen LogP) is 1.11. The molecule has 98 valence electrons. The van der Waals surface area contributed by atoms with Crippen molar-refractivity contribution in [2.24, 2.45) is 0 Å². The summed E-state index contributed by atoms with van der Waals surface area (Å²) in [5, 5.41) is 0. The summed E-state index contributed by atoms with van der Waals surface area (Å²) in [5.74, 6) is -0.0794.